The first kappa shape index (κ1) is 23.4. The van der Waals surface area contributed by atoms with E-state index in [0.29, 0.717) is 5.41 Å². The average Bonchev–Trinajstić information content (AvgIpc) is 2.70. The first-order valence-electron chi connectivity index (χ1n) is 10.3. The second kappa shape index (κ2) is 11.4. The molecule has 0 radical (unpaired) electrons. The standard InChI is InChI=1S/C22H35N3O2.HI/c1-23-20(24-17-21(9-6-10-21)11-14-26-2)25-18-22(12-15-27-16-13-22)19-7-4-3-5-8-19;/h3-5,7-8H,6,9-18H2,1-2H3,(H2,23,24,25);1H. The third kappa shape index (κ3) is 5.83. The third-order valence-corrected chi connectivity index (χ3v) is 6.54. The highest BCUT2D eigenvalue weighted by Crippen LogP contribution is 2.43. The fraction of sp³-hybridized carbons (Fsp3) is 0.682. The molecular weight excluding hydrogens is 465 g/mol. The summed E-state index contributed by atoms with van der Waals surface area (Å²) in [6, 6.07) is 10.8. The molecule has 1 aliphatic heterocycles. The molecule has 2 fully saturated rings. The van der Waals surface area contributed by atoms with Gasteiger partial charge in [0.1, 0.15) is 0 Å². The summed E-state index contributed by atoms with van der Waals surface area (Å²) in [7, 11) is 3.65. The maximum Gasteiger partial charge on any atom is 0.191 e. The van der Waals surface area contributed by atoms with Crippen LogP contribution in [0.5, 0.6) is 0 Å². The molecule has 6 heteroatoms. The van der Waals surface area contributed by atoms with E-state index in [0.717, 1.165) is 58.1 Å². The van der Waals surface area contributed by atoms with Crippen LogP contribution in [-0.2, 0) is 14.9 Å². The molecule has 1 aromatic rings. The highest BCUT2D eigenvalue weighted by Gasteiger charge is 2.37. The third-order valence-electron chi connectivity index (χ3n) is 6.54. The zero-order chi connectivity index (χ0) is 19.0. The van der Waals surface area contributed by atoms with Crippen molar-refractivity contribution < 1.29 is 9.47 Å². The molecule has 0 spiro atoms. The minimum absolute atomic E-state index is 0. The van der Waals surface area contributed by atoms with Gasteiger partial charge in [0.2, 0.25) is 0 Å². The van der Waals surface area contributed by atoms with Crippen LogP contribution in [0.25, 0.3) is 0 Å². The summed E-state index contributed by atoms with van der Waals surface area (Å²) in [5.41, 5.74) is 1.89. The van der Waals surface area contributed by atoms with E-state index in [2.05, 4.69) is 46.0 Å². The van der Waals surface area contributed by atoms with Gasteiger partial charge in [-0.25, -0.2) is 0 Å². The summed E-state index contributed by atoms with van der Waals surface area (Å²) in [4.78, 5) is 4.47. The van der Waals surface area contributed by atoms with Gasteiger partial charge in [-0.3, -0.25) is 4.99 Å². The Hall–Kier alpha value is -0.860. The monoisotopic (exact) mass is 501 g/mol. The molecule has 1 aromatic carbocycles. The number of benzene rings is 1. The lowest BCUT2D eigenvalue weighted by molar-refractivity contribution is 0.0512. The molecule has 2 N–H and O–H groups in total. The van der Waals surface area contributed by atoms with Gasteiger partial charge in [0.25, 0.3) is 0 Å². The molecule has 3 rings (SSSR count). The largest absolute Gasteiger partial charge is 0.385 e. The van der Waals surface area contributed by atoms with Crippen molar-refractivity contribution in [3.63, 3.8) is 0 Å². The molecule has 1 saturated carbocycles. The van der Waals surface area contributed by atoms with Crippen molar-refractivity contribution >= 4 is 29.9 Å². The van der Waals surface area contributed by atoms with Crippen LogP contribution in [0.1, 0.15) is 44.1 Å². The van der Waals surface area contributed by atoms with Gasteiger partial charge >= 0.3 is 0 Å². The van der Waals surface area contributed by atoms with Crippen LogP contribution < -0.4 is 10.6 Å². The average molecular weight is 501 g/mol. The van der Waals surface area contributed by atoms with Gasteiger partial charge in [-0.1, -0.05) is 36.8 Å². The van der Waals surface area contributed by atoms with Crippen molar-refractivity contribution in [2.75, 3.05) is 47.1 Å². The van der Waals surface area contributed by atoms with Crippen molar-refractivity contribution in [3.05, 3.63) is 35.9 Å². The van der Waals surface area contributed by atoms with E-state index in [1.807, 2.05) is 7.05 Å². The Morgan fingerprint density at radius 2 is 1.75 bits per heavy atom. The van der Waals surface area contributed by atoms with Crippen LogP contribution in [0, 0.1) is 5.41 Å². The van der Waals surface area contributed by atoms with Gasteiger partial charge in [-0.05, 0) is 43.1 Å². The minimum Gasteiger partial charge on any atom is -0.385 e. The first-order valence-corrected chi connectivity index (χ1v) is 10.3. The van der Waals surface area contributed by atoms with Gasteiger partial charge in [0, 0.05) is 52.5 Å². The van der Waals surface area contributed by atoms with E-state index in [4.69, 9.17) is 9.47 Å². The lowest BCUT2D eigenvalue weighted by Gasteiger charge is -2.42. The number of nitrogens with one attached hydrogen (secondary N) is 2. The maximum atomic E-state index is 5.65. The number of aliphatic imine (C=N–C) groups is 1. The summed E-state index contributed by atoms with van der Waals surface area (Å²) in [5, 5.41) is 7.19. The minimum atomic E-state index is 0. The maximum absolute atomic E-state index is 5.65. The van der Waals surface area contributed by atoms with E-state index in [1.54, 1.807) is 7.11 Å². The molecule has 28 heavy (non-hydrogen) atoms. The predicted octanol–water partition coefficient (Wildman–Crippen LogP) is 3.72. The van der Waals surface area contributed by atoms with Crippen molar-refractivity contribution in [2.45, 2.75) is 43.9 Å². The Kier molecular flexibility index (Phi) is 9.50. The molecule has 0 bridgehead atoms. The van der Waals surface area contributed by atoms with Crippen LogP contribution >= 0.6 is 24.0 Å². The quantitative estimate of drug-likeness (QED) is 0.324. The Bertz CT molecular complexity index is 599. The Morgan fingerprint density at radius 1 is 1.07 bits per heavy atom. The summed E-state index contributed by atoms with van der Waals surface area (Å²) >= 11 is 0. The molecule has 1 heterocycles. The van der Waals surface area contributed by atoms with Crippen LogP contribution in [-0.4, -0.2) is 53.0 Å². The van der Waals surface area contributed by atoms with Crippen LogP contribution in [0.2, 0.25) is 0 Å². The Morgan fingerprint density at radius 3 is 2.32 bits per heavy atom. The van der Waals surface area contributed by atoms with E-state index in [1.165, 1.54) is 24.8 Å². The molecule has 2 aliphatic rings. The summed E-state index contributed by atoms with van der Waals surface area (Å²) in [6.45, 7) is 4.33. The molecule has 0 amide bonds. The van der Waals surface area contributed by atoms with Gasteiger partial charge in [0.05, 0.1) is 0 Å². The van der Waals surface area contributed by atoms with Gasteiger partial charge in [-0.15, -0.1) is 24.0 Å². The number of hydrogen-bond acceptors (Lipinski definition) is 3. The molecule has 0 atom stereocenters. The fourth-order valence-electron chi connectivity index (χ4n) is 4.38. The summed E-state index contributed by atoms with van der Waals surface area (Å²) in [5.74, 6) is 0.903. The summed E-state index contributed by atoms with van der Waals surface area (Å²) in [6.07, 6.45) is 7.10. The van der Waals surface area contributed by atoms with Crippen molar-refractivity contribution in [3.8, 4) is 0 Å². The number of halogens is 1. The van der Waals surface area contributed by atoms with Crippen LogP contribution in [0.15, 0.2) is 35.3 Å². The van der Waals surface area contributed by atoms with E-state index in [9.17, 15) is 0 Å². The normalized spacial score (nSPS) is 20.6. The number of ether oxygens (including phenoxy) is 2. The van der Waals surface area contributed by atoms with Gasteiger partial charge < -0.3 is 20.1 Å². The molecule has 158 valence electrons. The highest BCUT2D eigenvalue weighted by molar-refractivity contribution is 14.0. The lowest BCUT2D eigenvalue weighted by Crippen LogP contribution is -2.51. The van der Waals surface area contributed by atoms with Crippen molar-refractivity contribution in [1.29, 1.82) is 0 Å². The molecule has 5 nitrogen and oxygen atoms in total. The van der Waals surface area contributed by atoms with E-state index < -0.39 is 0 Å². The predicted molar refractivity (Wildman–Crippen MR) is 126 cm³/mol. The Balaban J connectivity index is 0.00000280. The van der Waals surface area contributed by atoms with Crippen LogP contribution in [0.3, 0.4) is 0 Å². The topological polar surface area (TPSA) is 54.9 Å². The van der Waals surface area contributed by atoms with Gasteiger partial charge in [-0.2, -0.15) is 0 Å². The fourth-order valence-corrected chi connectivity index (χ4v) is 4.38. The van der Waals surface area contributed by atoms with E-state index >= 15 is 0 Å². The molecule has 0 unspecified atom stereocenters. The zero-order valence-electron chi connectivity index (χ0n) is 17.3. The molecule has 1 saturated heterocycles. The van der Waals surface area contributed by atoms with Gasteiger partial charge in [0.15, 0.2) is 5.96 Å². The molecular formula is C22H36IN3O2. The number of hydrogen-bond donors (Lipinski definition) is 2. The van der Waals surface area contributed by atoms with Crippen LogP contribution in [0.4, 0.5) is 0 Å². The summed E-state index contributed by atoms with van der Waals surface area (Å²) < 4.78 is 11.0. The number of nitrogens with zero attached hydrogens (tertiary/aromatic N) is 1. The smallest absolute Gasteiger partial charge is 0.191 e. The number of methoxy groups -OCH3 is 1. The molecule has 1 aliphatic carbocycles. The zero-order valence-corrected chi connectivity index (χ0v) is 19.7. The molecule has 0 aromatic heterocycles. The van der Waals surface area contributed by atoms with Crippen molar-refractivity contribution in [2.24, 2.45) is 10.4 Å². The van der Waals surface area contributed by atoms with Crippen molar-refractivity contribution in [1.82, 2.24) is 10.6 Å². The Labute approximate surface area is 187 Å². The SMILES string of the molecule is CN=C(NCC1(CCOC)CCC1)NCC1(c2ccccc2)CCOCC1.I. The highest BCUT2D eigenvalue weighted by atomic mass is 127. The second-order valence-corrected chi connectivity index (χ2v) is 8.13. The first-order chi connectivity index (χ1) is 13.2. The number of rotatable bonds is 8. The van der Waals surface area contributed by atoms with E-state index in [-0.39, 0.29) is 29.4 Å². The lowest BCUT2D eigenvalue weighted by atomic mass is 9.67. The number of guanidine groups is 1. The second-order valence-electron chi connectivity index (χ2n) is 8.13.